The number of aliphatic carboxylic acids is 1. The Kier molecular flexibility index (Phi) is 5.16. The smallest absolute Gasteiger partial charge is 0.320 e. The summed E-state index contributed by atoms with van der Waals surface area (Å²) in [6.07, 6.45) is 2.04. The number of hydrogen-bond donors (Lipinski definition) is 1. The molecule has 1 aromatic carbocycles. The van der Waals surface area contributed by atoms with Gasteiger partial charge in [0.15, 0.2) is 0 Å². The van der Waals surface area contributed by atoms with Gasteiger partial charge >= 0.3 is 5.97 Å². The van der Waals surface area contributed by atoms with Crippen molar-refractivity contribution in [2.45, 2.75) is 25.8 Å². The Labute approximate surface area is 142 Å². The number of carboxylic acids is 1. The molecular weight excluding hydrogens is 306 g/mol. The van der Waals surface area contributed by atoms with Gasteiger partial charge in [-0.05, 0) is 31.4 Å². The molecule has 3 rings (SSSR count). The van der Waals surface area contributed by atoms with Crippen molar-refractivity contribution in [1.29, 1.82) is 0 Å². The first-order valence-corrected chi connectivity index (χ1v) is 8.64. The Morgan fingerprint density at radius 1 is 1.12 bits per heavy atom. The van der Waals surface area contributed by atoms with Crippen molar-refractivity contribution in [1.82, 2.24) is 9.80 Å². The number of amides is 1. The Morgan fingerprint density at radius 2 is 1.83 bits per heavy atom. The van der Waals surface area contributed by atoms with Crippen LogP contribution in [0.5, 0.6) is 0 Å². The topological polar surface area (TPSA) is 64.1 Å². The summed E-state index contributed by atoms with van der Waals surface area (Å²) >= 11 is 0. The molecule has 0 aromatic heterocycles. The van der Waals surface area contributed by atoms with Gasteiger partial charge in [-0.2, -0.15) is 0 Å². The van der Waals surface area contributed by atoms with Crippen LogP contribution in [0.4, 0.5) is 5.69 Å². The second-order valence-corrected chi connectivity index (χ2v) is 6.60. The lowest BCUT2D eigenvalue weighted by Crippen LogP contribution is -2.54. The van der Waals surface area contributed by atoms with Crippen LogP contribution in [-0.4, -0.2) is 72.1 Å². The fourth-order valence-corrected chi connectivity index (χ4v) is 3.53. The number of rotatable bonds is 4. The van der Waals surface area contributed by atoms with Crippen LogP contribution in [0.3, 0.4) is 0 Å². The number of fused-ring (bicyclic) bond motifs is 1. The number of benzene rings is 1. The molecule has 1 unspecified atom stereocenters. The number of hydrogen-bond acceptors (Lipinski definition) is 4. The van der Waals surface area contributed by atoms with Gasteiger partial charge in [-0.25, -0.2) is 0 Å². The van der Waals surface area contributed by atoms with Gasteiger partial charge in [0, 0.05) is 38.4 Å². The lowest BCUT2D eigenvalue weighted by atomic mass is 10.0. The minimum atomic E-state index is -0.788. The summed E-state index contributed by atoms with van der Waals surface area (Å²) in [5.41, 5.74) is 2.30. The summed E-state index contributed by atoms with van der Waals surface area (Å²) in [6.45, 7) is 5.76. The molecule has 1 fully saturated rings. The number of carbonyl (C=O) groups is 2. The third-order valence-electron chi connectivity index (χ3n) is 5.08. The first-order valence-electron chi connectivity index (χ1n) is 8.64. The molecule has 1 N–H and O–H groups in total. The SMILES string of the molecule is CC(C(=O)O)N1CCN(CC(=O)N2CCCc3ccccc32)CC1. The van der Waals surface area contributed by atoms with Gasteiger partial charge in [0.2, 0.25) is 5.91 Å². The predicted octanol–water partition coefficient (Wildman–Crippen LogP) is 1.06. The summed E-state index contributed by atoms with van der Waals surface area (Å²) in [5.74, 6) is -0.647. The number of aryl methyl sites for hydroxylation is 1. The largest absolute Gasteiger partial charge is 0.480 e. The highest BCUT2D eigenvalue weighted by molar-refractivity contribution is 5.95. The molecule has 1 aromatic rings. The molecule has 6 nitrogen and oxygen atoms in total. The molecule has 1 amide bonds. The second kappa shape index (κ2) is 7.32. The van der Waals surface area contributed by atoms with Gasteiger partial charge in [-0.1, -0.05) is 18.2 Å². The maximum Gasteiger partial charge on any atom is 0.320 e. The Hall–Kier alpha value is -1.92. The van der Waals surface area contributed by atoms with E-state index in [-0.39, 0.29) is 5.91 Å². The van der Waals surface area contributed by atoms with Crippen LogP contribution in [0.15, 0.2) is 24.3 Å². The monoisotopic (exact) mass is 331 g/mol. The molecule has 0 spiro atoms. The molecule has 0 bridgehead atoms. The highest BCUT2D eigenvalue weighted by atomic mass is 16.4. The van der Waals surface area contributed by atoms with Crippen LogP contribution in [0.2, 0.25) is 0 Å². The minimum absolute atomic E-state index is 0.141. The van der Waals surface area contributed by atoms with Gasteiger partial charge in [-0.3, -0.25) is 19.4 Å². The van der Waals surface area contributed by atoms with E-state index < -0.39 is 12.0 Å². The fourth-order valence-electron chi connectivity index (χ4n) is 3.53. The predicted molar refractivity (Wildman–Crippen MR) is 92.2 cm³/mol. The minimum Gasteiger partial charge on any atom is -0.480 e. The zero-order valence-corrected chi connectivity index (χ0v) is 14.1. The van der Waals surface area contributed by atoms with Crippen molar-refractivity contribution in [3.63, 3.8) is 0 Å². The Morgan fingerprint density at radius 3 is 2.54 bits per heavy atom. The van der Waals surface area contributed by atoms with Crippen LogP contribution in [-0.2, 0) is 16.0 Å². The van der Waals surface area contributed by atoms with E-state index in [9.17, 15) is 9.59 Å². The van der Waals surface area contributed by atoms with E-state index in [1.165, 1.54) is 5.56 Å². The summed E-state index contributed by atoms with van der Waals surface area (Å²) < 4.78 is 0. The van der Waals surface area contributed by atoms with Crippen LogP contribution in [0.1, 0.15) is 18.9 Å². The van der Waals surface area contributed by atoms with Gasteiger partial charge in [-0.15, -0.1) is 0 Å². The zero-order valence-electron chi connectivity index (χ0n) is 14.1. The average molecular weight is 331 g/mol. The number of nitrogens with zero attached hydrogens (tertiary/aromatic N) is 3. The number of carbonyl (C=O) groups excluding carboxylic acids is 1. The first-order chi connectivity index (χ1) is 11.6. The van der Waals surface area contributed by atoms with Gasteiger partial charge < -0.3 is 10.0 Å². The molecule has 0 radical (unpaired) electrons. The van der Waals surface area contributed by atoms with Crippen LogP contribution in [0.25, 0.3) is 0 Å². The van der Waals surface area contributed by atoms with Crippen molar-refractivity contribution >= 4 is 17.6 Å². The van der Waals surface area contributed by atoms with E-state index in [0.717, 1.165) is 38.2 Å². The average Bonchev–Trinajstić information content (AvgIpc) is 2.61. The molecular formula is C18H25N3O3. The number of carboxylic acid groups (broad SMARTS) is 1. The molecule has 6 heteroatoms. The zero-order chi connectivity index (χ0) is 17.1. The molecule has 1 atom stereocenters. The number of para-hydroxylation sites is 1. The van der Waals surface area contributed by atoms with Crippen molar-refractivity contribution in [2.75, 3.05) is 44.2 Å². The van der Waals surface area contributed by atoms with E-state index in [0.29, 0.717) is 19.6 Å². The summed E-state index contributed by atoms with van der Waals surface area (Å²) in [6, 6.07) is 7.67. The molecule has 130 valence electrons. The summed E-state index contributed by atoms with van der Waals surface area (Å²) in [7, 11) is 0. The summed E-state index contributed by atoms with van der Waals surface area (Å²) in [5, 5.41) is 9.09. The second-order valence-electron chi connectivity index (χ2n) is 6.60. The van der Waals surface area contributed by atoms with E-state index in [2.05, 4.69) is 11.0 Å². The normalized spacial score (nSPS) is 20.5. The lowest BCUT2D eigenvalue weighted by Gasteiger charge is -2.37. The van der Waals surface area contributed by atoms with Crippen LogP contribution >= 0.6 is 0 Å². The standard InChI is InChI=1S/C18H25N3O3/c1-14(18(23)24)20-11-9-19(10-12-20)13-17(22)21-8-4-6-15-5-2-3-7-16(15)21/h2-3,5,7,14H,4,6,8-13H2,1H3,(H,23,24). The van der Waals surface area contributed by atoms with E-state index in [4.69, 9.17) is 5.11 Å². The molecule has 2 heterocycles. The molecule has 0 saturated carbocycles. The Bertz CT molecular complexity index is 611. The Balaban J connectivity index is 1.56. The maximum atomic E-state index is 12.7. The van der Waals surface area contributed by atoms with Crippen LogP contribution in [0, 0.1) is 0 Å². The van der Waals surface area contributed by atoms with E-state index in [1.54, 1.807) is 6.92 Å². The van der Waals surface area contributed by atoms with Crippen molar-refractivity contribution in [2.24, 2.45) is 0 Å². The fraction of sp³-hybridized carbons (Fsp3) is 0.556. The number of anilines is 1. The van der Waals surface area contributed by atoms with Crippen molar-refractivity contribution < 1.29 is 14.7 Å². The third-order valence-corrected chi connectivity index (χ3v) is 5.08. The van der Waals surface area contributed by atoms with Gasteiger partial charge in [0.1, 0.15) is 6.04 Å². The van der Waals surface area contributed by atoms with E-state index in [1.807, 2.05) is 28.0 Å². The van der Waals surface area contributed by atoms with Crippen molar-refractivity contribution in [3.05, 3.63) is 29.8 Å². The van der Waals surface area contributed by atoms with Gasteiger partial charge in [0.25, 0.3) is 0 Å². The summed E-state index contributed by atoms with van der Waals surface area (Å²) in [4.78, 5) is 29.8. The third kappa shape index (κ3) is 3.60. The molecule has 2 aliphatic heterocycles. The van der Waals surface area contributed by atoms with Crippen LogP contribution < -0.4 is 4.90 Å². The molecule has 0 aliphatic carbocycles. The quantitative estimate of drug-likeness (QED) is 0.894. The molecule has 2 aliphatic rings. The first kappa shape index (κ1) is 16.9. The molecule has 1 saturated heterocycles. The van der Waals surface area contributed by atoms with Crippen molar-refractivity contribution in [3.8, 4) is 0 Å². The number of piperazine rings is 1. The maximum absolute atomic E-state index is 12.7. The molecule has 24 heavy (non-hydrogen) atoms. The highest BCUT2D eigenvalue weighted by Gasteiger charge is 2.28. The lowest BCUT2D eigenvalue weighted by molar-refractivity contribution is -0.143. The van der Waals surface area contributed by atoms with E-state index >= 15 is 0 Å². The van der Waals surface area contributed by atoms with Gasteiger partial charge in [0.05, 0.1) is 6.54 Å². The highest BCUT2D eigenvalue weighted by Crippen LogP contribution is 2.26.